The van der Waals surface area contributed by atoms with Crippen molar-refractivity contribution in [2.45, 2.75) is 61.3 Å². The largest absolute Gasteiger partial charge is 0.465 e. The lowest BCUT2D eigenvalue weighted by Gasteiger charge is -2.22. The van der Waals surface area contributed by atoms with E-state index in [0.29, 0.717) is 6.61 Å². The van der Waals surface area contributed by atoms with Crippen molar-refractivity contribution >= 4 is 5.97 Å². The molecule has 0 N–H and O–H groups in total. The fraction of sp³-hybridized carbons (Fsp3) is 0.667. The number of ether oxygens (including phenoxy) is 1. The van der Waals surface area contributed by atoms with Gasteiger partial charge in [-0.1, -0.05) is 22.3 Å². The van der Waals surface area contributed by atoms with Crippen molar-refractivity contribution in [2.24, 2.45) is 11.8 Å². The molecule has 0 bridgehead atoms. The number of rotatable bonds is 7. The van der Waals surface area contributed by atoms with Crippen LogP contribution in [0, 0.1) is 23.2 Å². The van der Waals surface area contributed by atoms with Gasteiger partial charge in [0, 0.05) is 0 Å². The first kappa shape index (κ1) is 19.4. The highest BCUT2D eigenvalue weighted by atomic mass is 16.5. The summed E-state index contributed by atoms with van der Waals surface area (Å²) in [6, 6.07) is 2.16. The van der Waals surface area contributed by atoms with Gasteiger partial charge in [-0.15, -0.1) is 0 Å². The molecule has 118 valence electrons. The first-order valence-corrected chi connectivity index (χ1v) is 7.56. The third kappa shape index (κ3) is 6.62. The van der Waals surface area contributed by atoms with Crippen molar-refractivity contribution in [3.63, 3.8) is 0 Å². The highest BCUT2D eigenvalue weighted by Crippen LogP contribution is 2.30. The minimum absolute atomic E-state index is 0.0288. The summed E-state index contributed by atoms with van der Waals surface area (Å²) >= 11 is 0. The number of hydrogen-bond donors (Lipinski definition) is 0. The van der Waals surface area contributed by atoms with Gasteiger partial charge in [0.2, 0.25) is 0 Å². The maximum absolute atomic E-state index is 12.0. The summed E-state index contributed by atoms with van der Waals surface area (Å²) in [6.45, 7) is 14.5. The van der Waals surface area contributed by atoms with E-state index in [-0.39, 0.29) is 5.92 Å². The van der Waals surface area contributed by atoms with Gasteiger partial charge in [0.05, 0.1) is 12.7 Å². The molecule has 0 aliphatic carbocycles. The molecule has 0 fully saturated rings. The van der Waals surface area contributed by atoms with Gasteiger partial charge in [-0.05, 0) is 67.2 Å². The van der Waals surface area contributed by atoms with Gasteiger partial charge in [-0.25, -0.2) is 0 Å². The number of carbonyl (C=O) groups excluding carboxylic acids is 1. The Morgan fingerprint density at radius 3 is 1.71 bits per heavy atom. The summed E-state index contributed by atoms with van der Waals surface area (Å²) in [5.74, 6) is -1.12. The molecule has 0 aromatic rings. The molecule has 0 saturated carbocycles. The molecular formula is C18H29NO2. The van der Waals surface area contributed by atoms with E-state index in [1.165, 1.54) is 22.3 Å². The molecule has 0 aromatic carbocycles. The van der Waals surface area contributed by atoms with Gasteiger partial charge in [0.25, 0.3) is 0 Å². The van der Waals surface area contributed by atoms with Crippen LogP contribution in [0.25, 0.3) is 0 Å². The van der Waals surface area contributed by atoms with Crippen molar-refractivity contribution in [1.82, 2.24) is 0 Å². The zero-order valence-electron chi connectivity index (χ0n) is 14.5. The Morgan fingerprint density at radius 1 is 1.00 bits per heavy atom. The molecule has 0 aliphatic heterocycles. The molecule has 0 heterocycles. The predicted octanol–water partition coefficient (Wildman–Crippen LogP) is 4.80. The summed E-state index contributed by atoms with van der Waals surface area (Å²) in [6.07, 6.45) is 1.51. The molecule has 3 heteroatoms. The van der Waals surface area contributed by atoms with E-state index in [9.17, 15) is 10.1 Å². The van der Waals surface area contributed by atoms with E-state index in [4.69, 9.17) is 4.74 Å². The molecular weight excluding hydrogens is 262 g/mol. The van der Waals surface area contributed by atoms with Crippen LogP contribution in [0.4, 0.5) is 0 Å². The van der Waals surface area contributed by atoms with Gasteiger partial charge in [-0.2, -0.15) is 5.26 Å². The summed E-state index contributed by atoms with van der Waals surface area (Å²) in [5, 5.41) is 9.41. The summed E-state index contributed by atoms with van der Waals surface area (Å²) in [7, 11) is 0. The monoisotopic (exact) mass is 291 g/mol. The highest BCUT2D eigenvalue weighted by molar-refractivity contribution is 5.75. The summed E-state index contributed by atoms with van der Waals surface area (Å²) in [5.41, 5.74) is 4.98. The van der Waals surface area contributed by atoms with Crippen molar-refractivity contribution in [1.29, 1.82) is 5.26 Å². The zero-order chi connectivity index (χ0) is 16.6. The van der Waals surface area contributed by atoms with Gasteiger partial charge in [-0.3, -0.25) is 4.79 Å². The lowest BCUT2D eigenvalue weighted by atomic mass is 9.81. The van der Waals surface area contributed by atoms with E-state index in [1.54, 1.807) is 6.92 Å². The zero-order valence-corrected chi connectivity index (χ0v) is 14.5. The van der Waals surface area contributed by atoms with E-state index in [0.717, 1.165) is 12.8 Å². The minimum atomic E-state index is -0.700. The molecule has 21 heavy (non-hydrogen) atoms. The van der Waals surface area contributed by atoms with Gasteiger partial charge in [0.1, 0.15) is 5.92 Å². The molecule has 3 nitrogen and oxygen atoms in total. The molecule has 0 aromatic heterocycles. The van der Waals surface area contributed by atoms with E-state index < -0.39 is 11.9 Å². The van der Waals surface area contributed by atoms with Gasteiger partial charge >= 0.3 is 5.97 Å². The van der Waals surface area contributed by atoms with Crippen LogP contribution in [0.5, 0.6) is 0 Å². The number of carbonyl (C=O) groups is 1. The third-order valence-electron chi connectivity index (χ3n) is 3.99. The Bertz CT molecular complexity index is 432. The number of esters is 1. The normalized spacial score (nSPS) is 11.6. The van der Waals surface area contributed by atoms with E-state index >= 15 is 0 Å². The average Bonchev–Trinajstić information content (AvgIpc) is 2.39. The molecule has 0 saturated heterocycles. The van der Waals surface area contributed by atoms with Crippen LogP contribution in [-0.4, -0.2) is 12.6 Å². The number of allylic oxidation sites excluding steroid dienone is 4. The topological polar surface area (TPSA) is 50.1 Å². The molecule has 0 aliphatic rings. The first-order valence-electron chi connectivity index (χ1n) is 7.56. The fourth-order valence-corrected chi connectivity index (χ4v) is 2.09. The quantitative estimate of drug-likeness (QED) is 0.500. The Hall–Kier alpha value is -1.56. The molecule has 0 radical (unpaired) electrons. The van der Waals surface area contributed by atoms with Gasteiger partial charge in [0.15, 0.2) is 0 Å². The van der Waals surface area contributed by atoms with Crippen molar-refractivity contribution < 1.29 is 9.53 Å². The van der Waals surface area contributed by atoms with Crippen LogP contribution in [0.3, 0.4) is 0 Å². The second-order valence-corrected chi connectivity index (χ2v) is 6.09. The number of nitrogens with zero attached hydrogens (tertiary/aromatic N) is 1. The SMILES string of the molecule is CCOC(=O)C(C#N)C(CC(C)=C(C)C)CC(C)=C(C)C. The summed E-state index contributed by atoms with van der Waals surface area (Å²) < 4.78 is 5.07. The highest BCUT2D eigenvalue weighted by Gasteiger charge is 2.30. The Labute approximate surface area is 129 Å². The second kappa shape index (κ2) is 9.39. The lowest BCUT2D eigenvalue weighted by molar-refractivity contribution is -0.147. The molecule has 0 rings (SSSR count). The van der Waals surface area contributed by atoms with E-state index in [2.05, 4.69) is 47.6 Å². The smallest absolute Gasteiger partial charge is 0.323 e. The maximum Gasteiger partial charge on any atom is 0.323 e. The summed E-state index contributed by atoms with van der Waals surface area (Å²) in [4.78, 5) is 12.0. The number of nitriles is 1. The van der Waals surface area contributed by atoms with Crippen LogP contribution >= 0.6 is 0 Å². The van der Waals surface area contributed by atoms with E-state index in [1.807, 2.05) is 0 Å². The fourth-order valence-electron chi connectivity index (χ4n) is 2.09. The Kier molecular flexibility index (Phi) is 8.69. The van der Waals surface area contributed by atoms with Crippen LogP contribution < -0.4 is 0 Å². The molecule has 1 unspecified atom stereocenters. The van der Waals surface area contributed by atoms with Crippen LogP contribution in [0.15, 0.2) is 22.3 Å². The number of hydrogen-bond acceptors (Lipinski definition) is 3. The predicted molar refractivity (Wildman–Crippen MR) is 86.6 cm³/mol. The van der Waals surface area contributed by atoms with Crippen LogP contribution in [-0.2, 0) is 9.53 Å². The minimum Gasteiger partial charge on any atom is -0.465 e. The molecule has 0 spiro atoms. The molecule has 1 atom stereocenters. The van der Waals surface area contributed by atoms with Crippen LogP contribution in [0.2, 0.25) is 0 Å². The second-order valence-electron chi connectivity index (χ2n) is 6.09. The third-order valence-corrected chi connectivity index (χ3v) is 3.99. The first-order chi connectivity index (χ1) is 9.74. The lowest BCUT2D eigenvalue weighted by Crippen LogP contribution is -2.25. The Morgan fingerprint density at radius 2 is 1.43 bits per heavy atom. The van der Waals surface area contributed by atoms with Crippen molar-refractivity contribution in [3.8, 4) is 6.07 Å². The van der Waals surface area contributed by atoms with Crippen molar-refractivity contribution in [3.05, 3.63) is 22.3 Å². The van der Waals surface area contributed by atoms with Crippen LogP contribution in [0.1, 0.15) is 61.3 Å². The Balaban J connectivity index is 5.38. The molecule has 0 amide bonds. The maximum atomic E-state index is 12.0. The standard InChI is InChI=1S/C18H29NO2/c1-8-21-18(20)17(11-19)16(9-14(6)12(2)3)10-15(7)13(4)5/h16-17H,8-10H2,1-7H3. The van der Waals surface area contributed by atoms with Gasteiger partial charge < -0.3 is 4.74 Å². The average molecular weight is 291 g/mol. The van der Waals surface area contributed by atoms with Crippen molar-refractivity contribution in [2.75, 3.05) is 6.61 Å².